The summed E-state index contributed by atoms with van der Waals surface area (Å²) in [5.74, 6) is 0. The van der Waals surface area contributed by atoms with Crippen LogP contribution in [0.2, 0.25) is 0 Å². The Kier molecular flexibility index (Phi) is 4.21. The molecule has 0 saturated carbocycles. The largest absolute Gasteiger partial charge is 0.444 e. The van der Waals surface area contributed by atoms with E-state index in [9.17, 15) is 14.9 Å². The number of ether oxygens (including phenoxy) is 1. The van der Waals surface area contributed by atoms with Gasteiger partial charge >= 0.3 is 6.09 Å². The SMILES string of the molecule is C=Cc1cc([N+](=O)[O-])cc2c1CN(C(=O)OC(C)(C)C)CC2. The molecule has 1 aliphatic heterocycles. The van der Waals surface area contributed by atoms with Crippen molar-refractivity contribution < 1.29 is 14.5 Å². The molecule has 0 bridgehead atoms. The van der Waals surface area contributed by atoms with E-state index in [0.29, 0.717) is 25.1 Å². The van der Waals surface area contributed by atoms with Crippen LogP contribution in [0.1, 0.15) is 37.5 Å². The van der Waals surface area contributed by atoms with Gasteiger partial charge in [-0.25, -0.2) is 4.79 Å². The number of hydrogen-bond acceptors (Lipinski definition) is 4. The molecule has 1 amide bonds. The highest BCUT2D eigenvalue weighted by Gasteiger charge is 2.28. The molecule has 0 N–H and O–H groups in total. The van der Waals surface area contributed by atoms with E-state index >= 15 is 0 Å². The molecule has 6 heteroatoms. The van der Waals surface area contributed by atoms with Gasteiger partial charge in [-0.1, -0.05) is 12.7 Å². The van der Waals surface area contributed by atoms with Gasteiger partial charge in [0.25, 0.3) is 5.69 Å². The van der Waals surface area contributed by atoms with E-state index < -0.39 is 10.5 Å². The highest BCUT2D eigenvalue weighted by Crippen LogP contribution is 2.29. The van der Waals surface area contributed by atoms with Crippen molar-refractivity contribution in [1.82, 2.24) is 4.90 Å². The van der Waals surface area contributed by atoms with Crippen LogP contribution in [0, 0.1) is 10.1 Å². The summed E-state index contributed by atoms with van der Waals surface area (Å²) >= 11 is 0. The van der Waals surface area contributed by atoms with Crippen LogP contribution in [0.3, 0.4) is 0 Å². The Labute approximate surface area is 129 Å². The van der Waals surface area contributed by atoms with Crippen LogP contribution in [0.4, 0.5) is 10.5 Å². The van der Waals surface area contributed by atoms with Gasteiger partial charge in [0.05, 0.1) is 4.92 Å². The van der Waals surface area contributed by atoms with Gasteiger partial charge in [0.1, 0.15) is 5.60 Å². The Balaban J connectivity index is 2.28. The van der Waals surface area contributed by atoms with E-state index in [-0.39, 0.29) is 11.8 Å². The summed E-state index contributed by atoms with van der Waals surface area (Å²) < 4.78 is 5.38. The van der Waals surface area contributed by atoms with Gasteiger partial charge in [-0.05, 0) is 43.9 Å². The van der Waals surface area contributed by atoms with E-state index in [1.54, 1.807) is 17.0 Å². The fourth-order valence-corrected chi connectivity index (χ4v) is 2.45. The third kappa shape index (κ3) is 3.44. The first-order valence-corrected chi connectivity index (χ1v) is 7.12. The van der Waals surface area contributed by atoms with Gasteiger partial charge in [0, 0.05) is 25.2 Å². The maximum absolute atomic E-state index is 12.2. The smallest absolute Gasteiger partial charge is 0.410 e. The molecule has 0 spiro atoms. The summed E-state index contributed by atoms with van der Waals surface area (Å²) in [7, 11) is 0. The van der Waals surface area contributed by atoms with Gasteiger partial charge < -0.3 is 9.64 Å². The third-order valence-corrected chi connectivity index (χ3v) is 3.44. The molecular formula is C16H20N2O4. The Morgan fingerprint density at radius 2 is 2.14 bits per heavy atom. The molecule has 118 valence electrons. The van der Waals surface area contributed by atoms with Crippen molar-refractivity contribution in [3.05, 3.63) is 45.5 Å². The van der Waals surface area contributed by atoms with Gasteiger partial charge in [-0.2, -0.15) is 0 Å². The summed E-state index contributed by atoms with van der Waals surface area (Å²) in [6.45, 7) is 10.0. The second-order valence-electron chi connectivity index (χ2n) is 6.29. The number of fused-ring (bicyclic) bond motifs is 1. The van der Waals surface area contributed by atoms with Crippen LogP contribution in [-0.2, 0) is 17.7 Å². The number of carbonyl (C=O) groups is 1. The molecule has 22 heavy (non-hydrogen) atoms. The van der Waals surface area contributed by atoms with E-state index in [0.717, 1.165) is 11.1 Å². The second kappa shape index (κ2) is 5.79. The van der Waals surface area contributed by atoms with Crippen LogP contribution in [0.5, 0.6) is 0 Å². The van der Waals surface area contributed by atoms with Crippen LogP contribution in [0.15, 0.2) is 18.7 Å². The first kappa shape index (κ1) is 16.0. The minimum Gasteiger partial charge on any atom is -0.444 e. The second-order valence-corrected chi connectivity index (χ2v) is 6.29. The molecular weight excluding hydrogens is 284 g/mol. The molecule has 1 heterocycles. The molecule has 1 aromatic carbocycles. The van der Waals surface area contributed by atoms with E-state index in [1.807, 2.05) is 20.8 Å². The first-order valence-electron chi connectivity index (χ1n) is 7.12. The Bertz CT molecular complexity index is 632. The van der Waals surface area contributed by atoms with Crippen molar-refractivity contribution in [2.24, 2.45) is 0 Å². The summed E-state index contributed by atoms with van der Waals surface area (Å²) in [4.78, 5) is 24.3. The van der Waals surface area contributed by atoms with Crippen LogP contribution >= 0.6 is 0 Å². The van der Waals surface area contributed by atoms with Gasteiger partial charge in [0.2, 0.25) is 0 Å². The number of carbonyl (C=O) groups excluding carboxylic acids is 1. The maximum atomic E-state index is 12.2. The molecule has 2 rings (SSSR count). The predicted octanol–water partition coefficient (Wildman–Crippen LogP) is 3.53. The lowest BCUT2D eigenvalue weighted by molar-refractivity contribution is -0.385. The standard InChI is InChI=1S/C16H20N2O4/c1-5-11-8-13(18(20)21)9-12-6-7-17(10-14(11)12)15(19)22-16(2,3)4/h5,8-9H,1,6-7,10H2,2-4H3. The van der Waals surface area contributed by atoms with Crippen molar-refractivity contribution in [2.75, 3.05) is 6.54 Å². The van der Waals surface area contributed by atoms with E-state index in [2.05, 4.69) is 6.58 Å². The van der Waals surface area contributed by atoms with Gasteiger partial charge in [0.15, 0.2) is 0 Å². The Morgan fingerprint density at radius 1 is 1.45 bits per heavy atom. The molecule has 1 aromatic rings. The van der Waals surface area contributed by atoms with Crippen molar-refractivity contribution in [3.63, 3.8) is 0 Å². The third-order valence-electron chi connectivity index (χ3n) is 3.44. The first-order chi connectivity index (χ1) is 10.2. The zero-order valence-corrected chi connectivity index (χ0v) is 13.1. The molecule has 0 saturated heterocycles. The van der Waals surface area contributed by atoms with Crippen molar-refractivity contribution in [2.45, 2.75) is 39.3 Å². The van der Waals surface area contributed by atoms with Gasteiger partial charge in [-0.3, -0.25) is 10.1 Å². The summed E-state index contributed by atoms with van der Waals surface area (Å²) in [6, 6.07) is 3.07. The van der Waals surface area contributed by atoms with Crippen LogP contribution in [0.25, 0.3) is 6.08 Å². The molecule has 0 aromatic heterocycles. The number of rotatable bonds is 2. The van der Waals surface area contributed by atoms with E-state index in [4.69, 9.17) is 4.74 Å². The highest BCUT2D eigenvalue weighted by molar-refractivity contribution is 5.70. The average molecular weight is 304 g/mol. The quantitative estimate of drug-likeness (QED) is 0.619. The molecule has 0 atom stereocenters. The number of amides is 1. The summed E-state index contributed by atoms with van der Waals surface area (Å²) in [5.41, 5.74) is 1.99. The normalized spacial score (nSPS) is 14.2. The Morgan fingerprint density at radius 3 is 2.68 bits per heavy atom. The number of nitrogens with zero attached hydrogens (tertiary/aromatic N) is 2. The number of nitro benzene ring substituents is 1. The molecule has 0 aliphatic carbocycles. The summed E-state index contributed by atoms with van der Waals surface area (Å²) in [6.07, 6.45) is 1.79. The lowest BCUT2D eigenvalue weighted by Crippen LogP contribution is -2.40. The van der Waals surface area contributed by atoms with Crippen LogP contribution in [-0.4, -0.2) is 28.1 Å². The number of hydrogen-bond donors (Lipinski definition) is 0. The molecule has 6 nitrogen and oxygen atoms in total. The van der Waals surface area contributed by atoms with Crippen molar-refractivity contribution in [1.29, 1.82) is 0 Å². The average Bonchev–Trinajstić information content (AvgIpc) is 2.43. The molecule has 0 fully saturated rings. The number of non-ortho nitro benzene ring substituents is 1. The molecule has 0 radical (unpaired) electrons. The van der Waals surface area contributed by atoms with E-state index in [1.165, 1.54) is 6.07 Å². The monoisotopic (exact) mass is 304 g/mol. The van der Waals surface area contributed by atoms with Gasteiger partial charge in [-0.15, -0.1) is 0 Å². The molecule has 0 unspecified atom stereocenters. The van der Waals surface area contributed by atoms with Crippen LogP contribution < -0.4 is 0 Å². The van der Waals surface area contributed by atoms with Crippen molar-refractivity contribution >= 4 is 17.9 Å². The predicted molar refractivity (Wildman–Crippen MR) is 83.5 cm³/mol. The zero-order valence-electron chi connectivity index (χ0n) is 13.1. The maximum Gasteiger partial charge on any atom is 0.410 e. The number of benzene rings is 1. The zero-order chi connectivity index (χ0) is 16.5. The fraction of sp³-hybridized carbons (Fsp3) is 0.438. The highest BCUT2D eigenvalue weighted by atomic mass is 16.6. The van der Waals surface area contributed by atoms with Crippen molar-refractivity contribution in [3.8, 4) is 0 Å². The topological polar surface area (TPSA) is 72.7 Å². The minimum absolute atomic E-state index is 0.0550. The summed E-state index contributed by atoms with van der Waals surface area (Å²) in [5, 5.41) is 11.0. The minimum atomic E-state index is -0.548. The number of nitro groups is 1. The lowest BCUT2D eigenvalue weighted by atomic mass is 9.94. The fourth-order valence-electron chi connectivity index (χ4n) is 2.45. The molecule has 1 aliphatic rings. The Hall–Kier alpha value is -2.37. The lowest BCUT2D eigenvalue weighted by Gasteiger charge is -2.31.